The third-order valence-corrected chi connectivity index (χ3v) is 4.00. The molecule has 0 unspecified atom stereocenters. The summed E-state index contributed by atoms with van der Waals surface area (Å²) >= 11 is 0. The van der Waals surface area contributed by atoms with E-state index >= 15 is 0 Å². The predicted molar refractivity (Wildman–Crippen MR) is 80.0 cm³/mol. The highest BCUT2D eigenvalue weighted by molar-refractivity contribution is 6.09. The van der Waals surface area contributed by atoms with Crippen LogP contribution in [0.2, 0.25) is 0 Å². The zero-order valence-corrected chi connectivity index (χ0v) is 11.5. The molecule has 0 saturated heterocycles. The van der Waals surface area contributed by atoms with Gasteiger partial charge in [0.15, 0.2) is 0 Å². The van der Waals surface area contributed by atoms with Gasteiger partial charge in [0, 0.05) is 11.1 Å². The van der Waals surface area contributed by atoms with Crippen LogP contribution in [0.4, 0.5) is 5.69 Å². The average Bonchev–Trinajstić information content (AvgIpc) is 2.96. The lowest BCUT2D eigenvalue weighted by Gasteiger charge is -2.16. The van der Waals surface area contributed by atoms with Gasteiger partial charge < -0.3 is 14.8 Å². The number of hydrogen-bond acceptors (Lipinski definition) is 3. The van der Waals surface area contributed by atoms with E-state index in [4.69, 9.17) is 9.47 Å². The lowest BCUT2D eigenvalue weighted by atomic mass is 10.0. The first-order valence-electron chi connectivity index (χ1n) is 7.12. The minimum Gasteiger partial charge on any atom is -0.494 e. The zero-order chi connectivity index (χ0) is 14.2. The third kappa shape index (κ3) is 2.03. The molecular formula is C17H15NO3. The monoisotopic (exact) mass is 281 g/mol. The Morgan fingerprint density at radius 1 is 1.05 bits per heavy atom. The fourth-order valence-corrected chi connectivity index (χ4v) is 3.03. The first-order valence-corrected chi connectivity index (χ1v) is 7.12. The number of benzene rings is 2. The molecule has 21 heavy (non-hydrogen) atoms. The van der Waals surface area contributed by atoms with E-state index in [1.807, 2.05) is 12.1 Å². The second-order valence-corrected chi connectivity index (χ2v) is 5.27. The van der Waals surface area contributed by atoms with Gasteiger partial charge in [0.1, 0.15) is 19.5 Å². The first kappa shape index (κ1) is 12.3. The molecule has 0 saturated carbocycles. The number of rotatable bonds is 2. The molecule has 2 aliphatic rings. The lowest BCUT2D eigenvalue weighted by Crippen LogP contribution is -2.21. The molecule has 106 valence electrons. The van der Waals surface area contributed by atoms with Crippen LogP contribution in [0.3, 0.4) is 0 Å². The summed E-state index contributed by atoms with van der Waals surface area (Å²) in [6, 6.07) is 10.3. The van der Waals surface area contributed by atoms with Gasteiger partial charge in [0.25, 0.3) is 5.91 Å². The molecule has 0 fully saturated rings. The molecule has 1 aliphatic carbocycles. The minimum absolute atomic E-state index is 0.226. The summed E-state index contributed by atoms with van der Waals surface area (Å²) in [5, 5.41) is 5.30. The lowest BCUT2D eigenvalue weighted by molar-refractivity contribution is -0.117. The number of anilines is 1. The Labute approximate surface area is 122 Å². The summed E-state index contributed by atoms with van der Waals surface area (Å²) in [6.07, 6.45) is 3.53. The molecule has 1 amide bonds. The second kappa shape index (κ2) is 4.81. The second-order valence-electron chi connectivity index (χ2n) is 5.27. The van der Waals surface area contributed by atoms with E-state index in [1.165, 1.54) is 22.8 Å². The molecule has 1 heterocycles. The van der Waals surface area contributed by atoms with Crippen LogP contribution in [0.25, 0.3) is 10.8 Å². The maximum atomic E-state index is 12.2. The van der Waals surface area contributed by atoms with Crippen molar-refractivity contribution in [1.82, 2.24) is 0 Å². The van der Waals surface area contributed by atoms with Gasteiger partial charge in [0.2, 0.25) is 5.76 Å². The molecule has 1 N–H and O–H groups in total. The molecule has 0 radical (unpaired) electrons. The van der Waals surface area contributed by atoms with E-state index in [2.05, 4.69) is 23.5 Å². The van der Waals surface area contributed by atoms with Gasteiger partial charge in [-0.15, -0.1) is 0 Å². The van der Waals surface area contributed by atoms with E-state index in [1.54, 1.807) is 0 Å². The van der Waals surface area contributed by atoms with Crippen molar-refractivity contribution in [3.05, 3.63) is 53.5 Å². The Bertz CT molecular complexity index is 754. The molecule has 4 nitrogen and oxygen atoms in total. The van der Waals surface area contributed by atoms with Crippen molar-refractivity contribution in [3.63, 3.8) is 0 Å². The smallest absolute Gasteiger partial charge is 0.294 e. The van der Waals surface area contributed by atoms with Gasteiger partial charge in [-0.1, -0.05) is 24.3 Å². The van der Waals surface area contributed by atoms with Crippen molar-refractivity contribution in [1.29, 1.82) is 0 Å². The van der Waals surface area contributed by atoms with Crippen molar-refractivity contribution in [3.8, 4) is 0 Å². The maximum absolute atomic E-state index is 12.2. The largest absolute Gasteiger partial charge is 0.494 e. The Morgan fingerprint density at radius 2 is 1.90 bits per heavy atom. The van der Waals surface area contributed by atoms with Gasteiger partial charge in [-0.2, -0.15) is 0 Å². The van der Waals surface area contributed by atoms with Crippen LogP contribution >= 0.6 is 0 Å². The molecular weight excluding hydrogens is 266 g/mol. The van der Waals surface area contributed by atoms with Crippen LogP contribution < -0.4 is 5.32 Å². The summed E-state index contributed by atoms with van der Waals surface area (Å²) in [5.74, 6) is -0.0436. The summed E-state index contributed by atoms with van der Waals surface area (Å²) in [6.45, 7) is 0.890. The van der Waals surface area contributed by atoms with Crippen LogP contribution in [-0.2, 0) is 27.1 Å². The van der Waals surface area contributed by atoms with Crippen molar-refractivity contribution < 1.29 is 14.3 Å². The van der Waals surface area contributed by atoms with E-state index in [0.29, 0.717) is 13.2 Å². The standard InChI is InChI=1S/C17H15NO3/c19-17(15-10-20-8-9-21-15)18-14-7-6-12-5-4-11-2-1-3-13(14)16(11)12/h1-3,6-7,10H,4-5,8-9H2,(H,18,19). The molecule has 1 aliphatic heterocycles. The van der Waals surface area contributed by atoms with E-state index < -0.39 is 0 Å². The fourth-order valence-electron chi connectivity index (χ4n) is 3.03. The topological polar surface area (TPSA) is 47.6 Å². The zero-order valence-electron chi connectivity index (χ0n) is 11.5. The van der Waals surface area contributed by atoms with E-state index in [9.17, 15) is 4.79 Å². The quantitative estimate of drug-likeness (QED) is 0.920. The predicted octanol–water partition coefficient (Wildman–Crippen LogP) is 2.77. The number of carbonyl (C=O) groups excluding carboxylic acids is 1. The van der Waals surface area contributed by atoms with Gasteiger partial charge in [-0.25, -0.2) is 0 Å². The van der Waals surface area contributed by atoms with Crippen molar-refractivity contribution in [2.45, 2.75) is 12.8 Å². The SMILES string of the molecule is O=C(Nc1ccc2c3c(cccc13)CC2)C1=COCCO1. The van der Waals surface area contributed by atoms with Gasteiger partial charge >= 0.3 is 0 Å². The highest BCUT2D eigenvalue weighted by Gasteiger charge is 2.19. The Hall–Kier alpha value is -2.49. The third-order valence-electron chi connectivity index (χ3n) is 4.00. The summed E-state index contributed by atoms with van der Waals surface area (Å²) in [7, 11) is 0. The van der Waals surface area contributed by atoms with Gasteiger partial charge in [0.05, 0.1) is 0 Å². The molecule has 4 rings (SSSR count). The highest BCUT2D eigenvalue weighted by Crippen LogP contribution is 2.35. The molecule has 0 aromatic heterocycles. The number of amides is 1. The van der Waals surface area contributed by atoms with Crippen LogP contribution in [0.1, 0.15) is 11.1 Å². The average molecular weight is 281 g/mol. The number of carbonyl (C=O) groups is 1. The van der Waals surface area contributed by atoms with Crippen LogP contribution in [0, 0.1) is 0 Å². The highest BCUT2D eigenvalue weighted by atomic mass is 16.6. The Kier molecular flexibility index (Phi) is 2.81. The Balaban J connectivity index is 1.72. The van der Waals surface area contributed by atoms with Crippen molar-refractivity contribution in [2.24, 2.45) is 0 Å². The summed E-state index contributed by atoms with van der Waals surface area (Å²) in [5.41, 5.74) is 3.53. The summed E-state index contributed by atoms with van der Waals surface area (Å²) < 4.78 is 10.4. The van der Waals surface area contributed by atoms with E-state index in [-0.39, 0.29) is 11.7 Å². The molecule has 0 bridgehead atoms. The normalized spacial score (nSPS) is 16.1. The molecule has 0 atom stereocenters. The Morgan fingerprint density at radius 3 is 2.71 bits per heavy atom. The summed E-state index contributed by atoms with van der Waals surface area (Å²) in [4.78, 5) is 12.2. The van der Waals surface area contributed by atoms with Gasteiger partial charge in [-0.3, -0.25) is 4.79 Å². The van der Waals surface area contributed by atoms with Crippen LogP contribution in [-0.4, -0.2) is 19.1 Å². The minimum atomic E-state index is -0.270. The van der Waals surface area contributed by atoms with Crippen LogP contribution in [0.5, 0.6) is 0 Å². The van der Waals surface area contributed by atoms with Crippen molar-refractivity contribution in [2.75, 3.05) is 18.5 Å². The van der Waals surface area contributed by atoms with Crippen molar-refractivity contribution >= 4 is 22.4 Å². The van der Waals surface area contributed by atoms with Crippen LogP contribution in [0.15, 0.2) is 42.4 Å². The maximum Gasteiger partial charge on any atom is 0.294 e. The molecule has 2 aromatic carbocycles. The van der Waals surface area contributed by atoms with Gasteiger partial charge in [-0.05, 0) is 35.4 Å². The first-order chi connectivity index (χ1) is 10.3. The molecule has 0 spiro atoms. The van der Waals surface area contributed by atoms with E-state index in [0.717, 1.165) is 23.9 Å². The number of hydrogen-bond donors (Lipinski definition) is 1. The fraction of sp³-hybridized carbons (Fsp3) is 0.235. The number of aryl methyl sites for hydroxylation is 2. The molecule has 4 heteroatoms. The number of nitrogens with one attached hydrogen (secondary N) is 1. The number of ether oxygens (including phenoxy) is 2. The molecule has 2 aromatic rings.